The summed E-state index contributed by atoms with van der Waals surface area (Å²) < 4.78 is 43.7. The van der Waals surface area contributed by atoms with Crippen LogP contribution in [0.25, 0.3) is 0 Å². The summed E-state index contributed by atoms with van der Waals surface area (Å²) in [5, 5.41) is 7.12. The molecule has 30 heavy (non-hydrogen) atoms. The maximum absolute atomic E-state index is 12.8. The van der Waals surface area contributed by atoms with E-state index in [1.54, 1.807) is 6.20 Å². The molecule has 0 unspecified atom stereocenters. The molecule has 2 saturated heterocycles. The highest BCUT2D eigenvalue weighted by Gasteiger charge is 2.48. The third-order valence-electron chi connectivity index (χ3n) is 5.21. The average molecular weight is 428 g/mol. The van der Waals surface area contributed by atoms with Crippen LogP contribution in [-0.2, 0) is 14.3 Å². The van der Waals surface area contributed by atoms with E-state index < -0.39 is 12.1 Å². The van der Waals surface area contributed by atoms with Crippen molar-refractivity contribution in [1.82, 2.24) is 9.88 Å². The second-order valence-electron chi connectivity index (χ2n) is 7.25. The molecule has 0 aromatic carbocycles. The van der Waals surface area contributed by atoms with Gasteiger partial charge in [0, 0.05) is 24.4 Å². The molecular formula is C20H23F3N2O5. The number of halogens is 3. The fourth-order valence-electron chi connectivity index (χ4n) is 3.87. The van der Waals surface area contributed by atoms with Gasteiger partial charge in [0.1, 0.15) is 12.2 Å². The van der Waals surface area contributed by atoms with E-state index in [1.807, 2.05) is 23.1 Å². The number of allylic oxidation sites excluding steroid dienone is 1. The molecule has 2 aliphatic heterocycles. The number of alkyl halides is 3. The van der Waals surface area contributed by atoms with Crippen molar-refractivity contribution in [3.63, 3.8) is 0 Å². The number of rotatable bonds is 3. The van der Waals surface area contributed by atoms with Crippen LogP contribution < -0.4 is 4.74 Å². The number of carboxylic acid groups (broad SMARTS) is 1. The summed E-state index contributed by atoms with van der Waals surface area (Å²) in [5.41, 5.74) is 0.966. The molecule has 0 saturated carbocycles. The first kappa shape index (κ1) is 22.1. The van der Waals surface area contributed by atoms with Gasteiger partial charge in [0.25, 0.3) is 0 Å². The van der Waals surface area contributed by atoms with Crippen molar-refractivity contribution in [2.75, 3.05) is 13.2 Å². The van der Waals surface area contributed by atoms with Crippen molar-refractivity contribution in [1.29, 1.82) is 0 Å². The lowest BCUT2D eigenvalue weighted by Gasteiger charge is -2.32. The Balaban J connectivity index is 0.000000318. The van der Waals surface area contributed by atoms with Gasteiger partial charge in [-0.05, 0) is 38.2 Å². The average Bonchev–Trinajstić information content (AvgIpc) is 3.37. The van der Waals surface area contributed by atoms with Gasteiger partial charge in [0.05, 0.1) is 12.6 Å². The smallest absolute Gasteiger partial charge is 0.475 e. The minimum Gasteiger partial charge on any atom is -0.475 e. The third kappa shape index (κ3) is 5.29. The quantitative estimate of drug-likeness (QED) is 0.796. The van der Waals surface area contributed by atoms with Gasteiger partial charge in [0.15, 0.2) is 0 Å². The summed E-state index contributed by atoms with van der Waals surface area (Å²) in [6.45, 7) is 1.33. The Morgan fingerprint density at radius 3 is 2.63 bits per heavy atom. The van der Waals surface area contributed by atoms with E-state index >= 15 is 0 Å². The molecule has 0 radical (unpaired) electrons. The molecule has 1 aliphatic carbocycles. The predicted molar refractivity (Wildman–Crippen MR) is 98.8 cm³/mol. The van der Waals surface area contributed by atoms with Crippen LogP contribution in [0, 0.1) is 0 Å². The Labute approximate surface area is 171 Å². The molecule has 4 rings (SSSR count). The number of hydrogen-bond donors (Lipinski definition) is 1. The predicted octanol–water partition coefficient (Wildman–Crippen LogP) is 2.96. The number of amides is 1. The van der Waals surface area contributed by atoms with Crippen LogP contribution in [0.5, 0.6) is 5.88 Å². The van der Waals surface area contributed by atoms with Crippen molar-refractivity contribution in [2.24, 2.45) is 0 Å². The van der Waals surface area contributed by atoms with Gasteiger partial charge in [-0.15, -0.1) is 0 Å². The number of aliphatic carboxylic acids is 1. The molecule has 7 nitrogen and oxygen atoms in total. The minimum absolute atomic E-state index is 0.0447. The van der Waals surface area contributed by atoms with E-state index in [2.05, 4.69) is 11.1 Å². The molecule has 0 spiro atoms. The van der Waals surface area contributed by atoms with Crippen LogP contribution in [0.2, 0.25) is 0 Å². The molecule has 2 fully saturated rings. The molecular weight excluding hydrogens is 405 g/mol. The first-order valence-corrected chi connectivity index (χ1v) is 9.77. The zero-order valence-electron chi connectivity index (χ0n) is 16.2. The molecule has 164 valence electrons. The Hall–Kier alpha value is -2.62. The first-order chi connectivity index (χ1) is 14.3. The number of hydrogen-bond acceptors (Lipinski definition) is 5. The standard InChI is InChI=1S/C18H22N2O3.C2HF3O2/c21-18(13-6-1-2-7-13)20-12-15(17-14(20)8-5-11-22-17)23-16-9-3-4-10-19-16;3-2(4,5)1(6)7/h3-4,6,9-10,14-15,17H,1-2,5,7-8,11-12H2;(H,6,7)/t14-,15+,17+;/m1./s1. The van der Waals surface area contributed by atoms with E-state index in [-0.39, 0.29) is 24.2 Å². The molecule has 1 N–H and O–H groups in total. The van der Waals surface area contributed by atoms with Crippen molar-refractivity contribution in [3.8, 4) is 5.88 Å². The summed E-state index contributed by atoms with van der Waals surface area (Å²) in [4.78, 5) is 27.9. The Kier molecular flexibility index (Phi) is 6.96. The van der Waals surface area contributed by atoms with E-state index in [9.17, 15) is 18.0 Å². The molecule has 0 bridgehead atoms. The summed E-state index contributed by atoms with van der Waals surface area (Å²) >= 11 is 0. The highest BCUT2D eigenvalue weighted by Crippen LogP contribution is 2.33. The number of pyridine rings is 1. The van der Waals surface area contributed by atoms with E-state index in [1.165, 1.54) is 0 Å². The highest BCUT2D eigenvalue weighted by molar-refractivity contribution is 5.94. The van der Waals surface area contributed by atoms with Gasteiger partial charge in [-0.25, -0.2) is 9.78 Å². The van der Waals surface area contributed by atoms with E-state index in [0.717, 1.165) is 44.3 Å². The third-order valence-corrected chi connectivity index (χ3v) is 5.21. The number of fused-ring (bicyclic) bond motifs is 1. The molecule has 1 aromatic rings. The van der Waals surface area contributed by atoms with E-state index in [4.69, 9.17) is 19.4 Å². The van der Waals surface area contributed by atoms with Crippen LogP contribution in [0.1, 0.15) is 32.1 Å². The largest absolute Gasteiger partial charge is 0.490 e. The monoisotopic (exact) mass is 428 g/mol. The number of ether oxygens (including phenoxy) is 2. The molecule has 3 heterocycles. The number of likely N-dealkylation sites (tertiary alicyclic amines) is 1. The van der Waals surface area contributed by atoms with Crippen molar-refractivity contribution >= 4 is 11.9 Å². The second kappa shape index (κ2) is 9.46. The first-order valence-electron chi connectivity index (χ1n) is 9.77. The molecule has 1 amide bonds. The van der Waals surface area contributed by atoms with Crippen LogP contribution in [-0.4, -0.2) is 64.4 Å². The number of carbonyl (C=O) groups excluding carboxylic acids is 1. The number of aromatic nitrogens is 1. The van der Waals surface area contributed by atoms with Gasteiger partial charge >= 0.3 is 12.1 Å². The lowest BCUT2D eigenvalue weighted by Crippen LogP contribution is -2.44. The minimum atomic E-state index is -5.08. The van der Waals surface area contributed by atoms with Gasteiger partial charge in [-0.1, -0.05) is 12.1 Å². The van der Waals surface area contributed by atoms with Crippen LogP contribution in [0.15, 0.2) is 36.0 Å². The second-order valence-corrected chi connectivity index (χ2v) is 7.25. The van der Waals surface area contributed by atoms with Gasteiger partial charge in [-0.3, -0.25) is 4.79 Å². The topological polar surface area (TPSA) is 89.0 Å². The highest BCUT2D eigenvalue weighted by atomic mass is 19.4. The Morgan fingerprint density at radius 2 is 2.03 bits per heavy atom. The lowest BCUT2D eigenvalue weighted by atomic mass is 10.0. The molecule has 3 atom stereocenters. The Bertz CT molecular complexity index is 784. The lowest BCUT2D eigenvalue weighted by molar-refractivity contribution is -0.192. The maximum atomic E-state index is 12.8. The van der Waals surface area contributed by atoms with Gasteiger partial charge < -0.3 is 19.5 Å². The van der Waals surface area contributed by atoms with E-state index in [0.29, 0.717) is 12.4 Å². The molecule has 3 aliphatic rings. The number of carboxylic acids is 1. The summed E-state index contributed by atoms with van der Waals surface area (Å²) in [6, 6.07) is 5.75. The fourth-order valence-corrected chi connectivity index (χ4v) is 3.87. The van der Waals surface area contributed by atoms with Crippen LogP contribution in [0.3, 0.4) is 0 Å². The van der Waals surface area contributed by atoms with Crippen molar-refractivity contribution in [2.45, 2.75) is 56.5 Å². The number of nitrogens with zero attached hydrogens (tertiary/aromatic N) is 2. The normalized spacial score (nSPS) is 25.6. The summed E-state index contributed by atoms with van der Waals surface area (Å²) in [7, 11) is 0. The molecule has 10 heteroatoms. The SMILES string of the molecule is O=C(C1=CCCC1)N1C[C@H](Oc2ccccn2)[C@H]2OCCC[C@H]21.O=C(O)C(F)(F)F. The number of carbonyl (C=O) groups is 2. The van der Waals surface area contributed by atoms with Gasteiger partial charge in [-0.2, -0.15) is 13.2 Å². The van der Waals surface area contributed by atoms with Crippen LogP contribution in [0.4, 0.5) is 13.2 Å². The summed E-state index contributed by atoms with van der Waals surface area (Å²) in [6.07, 6.45) is 3.55. The maximum Gasteiger partial charge on any atom is 0.490 e. The zero-order valence-corrected chi connectivity index (χ0v) is 16.2. The zero-order chi connectivity index (χ0) is 21.7. The summed E-state index contributed by atoms with van der Waals surface area (Å²) in [5.74, 6) is -1.98. The fraction of sp³-hybridized carbons (Fsp3) is 0.550. The van der Waals surface area contributed by atoms with Gasteiger partial charge in [0.2, 0.25) is 11.8 Å². The Morgan fingerprint density at radius 1 is 1.27 bits per heavy atom. The van der Waals surface area contributed by atoms with Crippen molar-refractivity contribution < 1.29 is 37.3 Å². The van der Waals surface area contributed by atoms with Crippen LogP contribution >= 0.6 is 0 Å². The molecule has 1 aromatic heterocycles. The van der Waals surface area contributed by atoms with Crippen molar-refractivity contribution in [3.05, 3.63) is 36.0 Å².